The third-order valence-corrected chi connectivity index (χ3v) is 7.92. The van der Waals surface area contributed by atoms with Gasteiger partial charge >= 0.3 is 0 Å². The molecule has 2 heterocycles. The number of carbonyl (C=O) groups excluding carboxylic acids is 1. The van der Waals surface area contributed by atoms with Crippen LogP contribution in [-0.4, -0.2) is 40.4 Å². The Morgan fingerprint density at radius 3 is 2.61 bits per heavy atom. The van der Waals surface area contributed by atoms with Crippen LogP contribution in [0, 0.1) is 11.7 Å². The van der Waals surface area contributed by atoms with Crippen molar-refractivity contribution in [2.75, 3.05) is 24.5 Å². The summed E-state index contributed by atoms with van der Waals surface area (Å²) >= 11 is 1.29. The van der Waals surface area contributed by atoms with Crippen LogP contribution in [0.25, 0.3) is 0 Å². The normalized spacial score (nSPS) is 27.8. The number of alkyl halides is 3. The number of amides is 1. The van der Waals surface area contributed by atoms with E-state index in [1.54, 1.807) is 24.0 Å². The fraction of sp³-hybridized carbons (Fsp3) is 0.667. The molecule has 1 amide bonds. The predicted molar refractivity (Wildman–Crippen MR) is 112 cm³/mol. The Hall–Kier alpha value is -0.830. The maximum absolute atomic E-state index is 14.0. The van der Waals surface area contributed by atoms with Gasteiger partial charge in [-0.2, -0.15) is 8.78 Å². The molecule has 1 aromatic rings. The molecule has 2 fully saturated rings. The molecule has 3 nitrogen and oxygen atoms in total. The molecule has 2 atom stereocenters. The Kier molecular flexibility index (Phi) is 5.44. The molecule has 4 rings (SSSR count). The van der Waals surface area contributed by atoms with Gasteiger partial charge in [-0.1, -0.05) is 6.42 Å². The van der Waals surface area contributed by atoms with Gasteiger partial charge in [-0.25, -0.2) is 4.39 Å². The molecule has 2 unspecified atom stereocenters. The molecular weight excluding hydrogens is 480 g/mol. The Morgan fingerprint density at radius 1 is 1.25 bits per heavy atom. The molecule has 0 radical (unpaired) electrons. The molecule has 154 valence electrons. The van der Waals surface area contributed by atoms with Gasteiger partial charge in [0.15, 0.2) is 0 Å². The molecular formula is C21H26F3IN2O. The molecule has 28 heavy (non-hydrogen) atoms. The molecule has 1 saturated carbocycles. The largest absolute Gasteiger partial charge is 0.311 e. The number of piperidine rings is 1. The highest BCUT2D eigenvalue weighted by molar-refractivity contribution is 14.1. The maximum atomic E-state index is 14.0. The van der Waals surface area contributed by atoms with Crippen molar-refractivity contribution in [3.63, 3.8) is 0 Å². The first-order valence-corrected chi connectivity index (χ1v) is 11.2. The van der Waals surface area contributed by atoms with E-state index in [9.17, 15) is 18.0 Å². The topological polar surface area (TPSA) is 23.6 Å². The van der Waals surface area contributed by atoms with Gasteiger partial charge in [-0.3, -0.25) is 4.79 Å². The van der Waals surface area contributed by atoms with Crippen LogP contribution in [0.5, 0.6) is 0 Å². The van der Waals surface area contributed by atoms with Gasteiger partial charge in [-0.05, 0) is 91.5 Å². The average molecular weight is 506 g/mol. The second kappa shape index (κ2) is 7.45. The summed E-state index contributed by atoms with van der Waals surface area (Å²) in [6.07, 6.45) is 4.63. The highest BCUT2D eigenvalue weighted by atomic mass is 127. The highest BCUT2D eigenvalue weighted by Gasteiger charge is 2.47. The molecule has 7 heteroatoms. The van der Waals surface area contributed by atoms with Gasteiger partial charge in [0.05, 0.1) is 0 Å². The fourth-order valence-corrected chi connectivity index (χ4v) is 6.03. The zero-order chi connectivity index (χ0) is 20.1. The zero-order valence-corrected chi connectivity index (χ0v) is 18.2. The third kappa shape index (κ3) is 3.68. The number of fused-ring (bicyclic) bond motifs is 2. The van der Waals surface area contributed by atoms with Crippen LogP contribution in [-0.2, 0) is 10.2 Å². The van der Waals surface area contributed by atoms with E-state index in [1.807, 2.05) is 0 Å². The Labute approximate surface area is 177 Å². The van der Waals surface area contributed by atoms with Crippen molar-refractivity contribution in [3.05, 3.63) is 29.6 Å². The van der Waals surface area contributed by atoms with Gasteiger partial charge in [0.2, 0.25) is 5.91 Å². The number of carbonyl (C=O) groups is 1. The minimum atomic E-state index is -2.64. The minimum Gasteiger partial charge on any atom is -0.311 e. The number of anilines is 1. The smallest absolute Gasteiger partial charge is 0.299 e. The highest BCUT2D eigenvalue weighted by Crippen LogP contribution is 2.49. The number of rotatable bonds is 2. The summed E-state index contributed by atoms with van der Waals surface area (Å²) in [6, 6.07) is 4.91. The summed E-state index contributed by atoms with van der Waals surface area (Å²) in [5.41, 5.74) is 1.54. The third-order valence-electron chi connectivity index (χ3n) is 7.04. The lowest BCUT2D eigenvalue weighted by molar-refractivity contribution is -0.116. The van der Waals surface area contributed by atoms with E-state index < -0.39 is 9.85 Å². The Morgan fingerprint density at radius 2 is 1.96 bits per heavy atom. The Balaban J connectivity index is 1.50. The molecule has 2 aliphatic heterocycles. The van der Waals surface area contributed by atoms with Gasteiger partial charge < -0.3 is 9.80 Å². The van der Waals surface area contributed by atoms with E-state index in [4.69, 9.17) is 0 Å². The summed E-state index contributed by atoms with van der Waals surface area (Å²) in [4.78, 5) is 16.2. The molecule has 1 saturated heterocycles. The summed E-state index contributed by atoms with van der Waals surface area (Å²) in [5.74, 6) is -0.839. The van der Waals surface area contributed by atoms with Crippen molar-refractivity contribution >= 4 is 34.2 Å². The van der Waals surface area contributed by atoms with Crippen LogP contribution in [0.15, 0.2) is 18.2 Å². The fourth-order valence-electron chi connectivity index (χ4n) is 5.46. The second-order valence-electron chi connectivity index (χ2n) is 8.64. The lowest BCUT2D eigenvalue weighted by Gasteiger charge is -2.45. The monoisotopic (exact) mass is 506 g/mol. The van der Waals surface area contributed by atoms with Gasteiger partial charge in [0, 0.05) is 36.5 Å². The molecule has 1 aromatic carbocycles. The van der Waals surface area contributed by atoms with Crippen LogP contribution in [0.2, 0.25) is 0 Å². The molecule has 3 aliphatic rings. The summed E-state index contributed by atoms with van der Waals surface area (Å²) in [5, 5.41) is 0. The van der Waals surface area contributed by atoms with Crippen molar-refractivity contribution < 1.29 is 18.0 Å². The lowest BCUT2D eigenvalue weighted by Crippen LogP contribution is -2.50. The second-order valence-corrected chi connectivity index (χ2v) is 10.1. The maximum Gasteiger partial charge on any atom is 0.299 e. The first kappa shape index (κ1) is 20.4. The van der Waals surface area contributed by atoms with Crippen LogP contribution in [0.1, 0.15) is 51.0 Å². The standard InChI is InChI=1S/C21H26F3IN2O/c1-14(28)27-13-20(18-12-16(22)5-6-19(18)27)7-9-26(10-8-20)17-4-2-3-15(11-17)21(23,24)25/h5-6,12,15,17H,2-4,7-11,13H2,1H3. The van der Waals surface area contributed by atoms with E-state index in [0.717, 1.165) is 50.0 Å². The molecule has 1 aliphatic carbocycles. The van der Waals surface area contributed by atoms with Crippen molar-refractivity contribution in [2.45, 2.75) is 60.8 Å². The number of halogens is 4. The van der Waals surface area contributed by atoms with Gasteiger partial charge in [0.1, 0.15) is 5.82 Å². The van der Waals surface area contributed by atoms with Crippen LogP contribution >= 0.6 is 22.6 Å². The van der Waals surface area contributed by atoms with E-state index in [0.29, 0.717) is 19.4 Å². The van der Waals surface area contributed by atoms with Gasteiger partial charge in [0.25, 0.3) is 3.93 Å². The van der Waals surface area contributed by atoms with Crippen LogP contribution in [0.4, 0.5) is 18.9 Å². The molecule has 0 aromatic heterocycles. The number of likely N-dealkylation sites (tertiary alicyclic amines) is 1. The molecule has 0 N–H and O–H groups in total. The summed E-state index contributed by atoms with van der Waals surface area (Å²) in [6.45, 7) is 3.76. The number of nitrogens with zero attached hydrogens (tertiary/aromatic N) is 2. The lowest BCUT2D eigenvalue weighted by atomic mass is 9.73. The minimum absolute atomic E-state index is 0.0217. The first-order valence-electron chi connectivity index (χ1n) is 10.1. The average Bonchev–Trinajstić information content (AvgIpc) is 2.96. The summed E-state index contributed by atoms with van der Waals surface area (Å²) < 4.78 is 38.9. The van der Waals surface area contributed by atoms with E-state index >= 15 is 0 Å². The van der Waals surface area contributed by atoms with E-state index in [2.05, 4.69) is 4.90 Å². The van der Waals surface area contributed by atoms with Crippen LogP contribution < -0.4 is 4.90 Å². The van der Waals surface area contributed by atoms with Crippen molar-refractivity contribution in [1.82, 2.24) is 4.90 Å². The number of benzene rings is 1. The van der Waals surface area contributed by atoms with Crippen molar-refractivity contribution in [1.29, 1.82) is 0 Å². The van der Waals surface area contributed by atoms with Crippen LogP contribution in [0.3, 0.4) is 0 Å². The SMILES string of the molecule is CC(=O)N1CC2(CCN(C3CCCC(C(F)(F)I)C3)CC2)c2cc(F)ccc21. The first-order chi connectivity index (χ1) is 13.2. The zero-order valence-electron chi connectivity index (χ0n) is 16.1. The van der Waals surface area contributed by atoms with E-state index in [-0.39, 0.29) is 23.2 Å². The molecule has 1 spiro atoms. The quantitative estimate of drug-likeness (QED) is 0.411. The summed E-state index contributed by atoms with van der Waals surface area (Å²) in [7, 11) is 0. The Bertz CT molecular complexity index is 759. The predicted octanol–water partition coefficient (Wildman–Crippen LogP) is 5.11. The van der Waals surface area contributed by atoms with Gasteiger partial charge in [-0.15, -0.1) is 0 Å². The van der Waals surface area contributed by atoms with Crippen molar-refractivity contribution in [3.8, 4) is 0 Å². The molecule has 0 bridgehead atoms. The number of hydrogen-bond acceptors (Lipinski definition) is 2. The van der Waals surface area contributed by atoms with E-state index in [1.165, 1.54) is 28.7 Å². The number of hydrogen-bond donors (Lipinski definition) is 0. The van der Waals surface area contributed by atoms with Crippen molar-refractivity contribution in [2.24, 2.45) is 5.92 Å².